The Labute approximate surface area is 65.8 Å². The summed E-state index contributed by atoms with van der Waals surface area (Å²) in [5.74, 6) is 0. The van der Waals surface area contributed by atoms with Crippen LogP contribution in [0.2, 0.25) is 0 Å². The Morgan fingerprint density at radius 2 is 1.27 bits per heavy atom. The highest BCUT2D eigenvalue weighted by Gasteiger charge is 1.98. The number of halogens is 1. The number of aliphatic hydroxyl groups excluding tert-OH is 1. The van der Waals surface area contributed by atoms with E-state index < -0.39 is 10.2 Å². The van der Waals surface area contributed by atoms with Crippen molar-refractivity contribution in [2.24, 2.45) is 0 Å². The smallest absolute Gasteiger partial charge is 0.0777 e. The van der Waals surface area contributed by atoms with E-state index in [9.17, 15) is 0 Å². The van der Waals surface area contributed by atoms with Gasteiger partial charge < -0.3 is 10.6 Å². The summed E-state index contributed by atoms with van der Waals surface area (Å²) < 4.78 is 32.7. The summed E-state index contributed by atoms with van der Waals surface area (Å²) in [5, 5.41) is 14.3. The number of hydrogen-bond donors (Lipinski definition) is 2. The Kier molecular flexibility index (Phi) is 33.2. The first-order valence-corrected chi connectivity index (χ1v) is 3.07. The first kappa shape index (κ1) is 22.4. The van der Waals surface area contributed by atoms with Crippen LogP contribution < -0.4 is 14.0 Å². The Bertz CT molecular complexity index is 78.8. The summed E-state index contributed by atoms with van der Waals surface area (Å²) >= 11 is 0. The molecule has 70 valence electrons. The van der Waals surface area contributed by atoms with Gasteiger partial charge in [-0.05, 0) is 0 Å². The predicted octanol–water partition coefficient (Wildman–Crippen LogP) is -4.81. The van der Waals surface area contributed by atoms with Crippen molar-refractivity contribution in [1.82, 2.24) is 0 Å². The molecule has 0 unspecified atom stereocenters. The van der Waals surface area contributed by atoms with E-state index in [0.29, 0.717) is 0 Å². The number of rotatable bonds is 0. The van der Waals surface area contributed by atoms with Gasteiger partial charge in [0, 0.05) is 14.0 Å². The highest BCUT2D eigenvalue weighted by Crippen LogP contribution is 1.60. The number of aliphatic hydroxyl groups is 1. The van der Waals surface area contributed by atoms with Gasteiger partial charge in [-0.2, -0.15) is 19.2 Å². The lowest BCUT2D eigenvalue weighted by Gasteiger charge is -2.03. The van der Waals surface area contributed by atoms with E-state index in [4.69, 9.17) is 29.0 Å². The van der Waals surface area contributed by atoms with Crippen LogP contribution in [-0.2, 0) is 0 Å². The molecule has 0 aromatic rings. The van der Waals surface area contributed by atoms with E-state index in [1.165, 1.54) is 6.92 Å². The maximum atomic E-state index is 8.60. The van der Waals surface area contributed by atoms with Crippen molar-refractivity contribution in [3.63, 3.8) is 0 Å². The molecule has 0 atom stereocenters. The molecule has 0 aliphatic rings. The molecule has 0 aliphatic carbocycles. The second-order valence-corrected chi connectivity index (χ2v) is 1.41. The number of nitrogens with zero attached hydrogens (tertiary/aromatic N) is 1. The fraction of sp³-hybridized carbons (Fsp3) is 0.667. The highest BCUT2D eigenvalue weighted by molar-refractivity contribution is 4.51. The van der Waals surface area contributed by atoms with Gasteiger partial charge in [0.25, 0.3) is 0 Å². The molecule has 0 amide bonds. The zero-order valence-corrected chi connectivity index (χ0v) is 6.70. The van der Waals surface area contributed by atoms with E-state index in [1.54, 1.807) is 6.07 Å². The average molecular weight is 192 g/mol. The van der Waals surface area contributed by atoms with Gasteiger partial charge in [-0.3, -0.25) is 0 Å². The summed E-state index contributed by atoms with van der Waals surface area (Å²) in [6.45, 7) is 1.43. The Balaban J connectivity index is -0.0000000360. The fourth-order valence-electron chi connectivity index (χ4n) is 0. The molecule has 0 aromatic carbocycles. The van der Waals surface area contributed by atoms with Crippen molar-refractivity contribution in [2.75, 3.05) is 7.11 Å². The Morgan fingerprint density at radius 1 is 1.27 bits per heavy atom. The topological polar surface area (TPSA) is 165 Å². The highest BCUT2D eigenvalue weighted by atomic mass is 35.7. The van der Waals surface area contributed by atoms with Gasteiger partial charge in [0.2, 0.25) is 0 Å². The van der Waals surface area contributed by atoms with Crippen LogP contribution in [0.15, 0.2) is 0 Å². The van der Waals surface area contributed by atoms with Crippen molar-refractivity contribution >= 4 is 0 Å². The van der Waals surface area contributed by atoms with Gasteiger partial charge >= 0.3 is 0 Å². The minimum absolute atomic E-state index is 0. The van der Waals surface area contributed by atoms with Crippen LogP contribution in [-0.4, -0.2) is 22.4 Å². The molecule has 0 saturated heterocycles. The summed E-state index contributed by atoms with van der Waals surface area (Å²) in [4.78, 5) is 0. The van der Waals surface area contributed by atoms with Gasteiger partial charge in [0.05, 0.1) is 21.0 Å². The quantitative estimate of drug-likeness (QED) is 0.390. The van der Waals surface area contributed by atoms with E-state index >= 15 is 0 Å². The van der Waals surface area contributed by atoms with E-state index in [2.05, 4.69) is 0 Å². The van der Waals surface area contributed by atoms with E-state index in [0.717, 1.165) is 7.11 Å². The molecule has 0 aromatic heterocycles. The number of hydrogen-bond acceptors (Lipinski definition) is 6. The summed E-state index contributed by atoms with van der Waals surface area (Å²) in [6.07, 6.45) is 0. The lowest BCUT2D eigenvalue weighted by atomic mass is 11.0. The first-order chi connectivity index (χ1) is 4.41. The third-order valence-electron chi connectivity index (χ3n) is 0. The Morgan fingerprint density at radius 3 is 1.27 bits per heavy atom. The molecule has 8 heteroatoms. The van der Waals surface area contributed by atoms with Crippen molar-refractivity contribution < 1.29 is 39.5 Å². The molecule has 4 N–H and O–H groups in total. The predicted molar refractivity (Wildman–Crippen MR) is 25.3 cm³/mol. The molecule has 11 heavy (non-hydrogen) atoms. The maximum Gasteiger partial charge on any atom is 0.0777 e. The van der Waals surface area contributed by atoms with E-state index in [1.807, 2.05) is 0 Å². The molecule has 0 spiro atoms. The molecular weight excluding hydrogens is 181 g/mol. The monoisotopic (exact) mass is 191 g/mol. The molecular formula is C3H10ClNO6. The summed E-state index contributed by atoms with van der Waals surface area (Å²) in [5.41, 5.74) is 0. The molecule has 0 radical (unpaired) electrons. The first-order valence-electron chi connectivity index (χ1n) is 1.80. The second kappa shape index (κ2) is 16.3. The lowest BCUT2D eigenvalue weighted by Crippen LogP contribution is -2.58. The van der Waals surface area contributed by atoms with Crippen LogP contribution in [0.4, 0.5) is 0 Å². The van der Waals surface area contributed by atoms with E-state index in [-0.39, 0.29) is 5.48 Å². The van der Waals surface area contributed by atoms with Crippen molar-refractivity contribution in [3.05, 3.63) is 0 Å². The zero-order valence-electron chi connectivity index (χ0n) is 5.94. The van der Waals surface area contributed by atoms with Crippen LogP contribution in [0.5, 0.6) is 0 Å². The molecule has 0 saturated carbocycles. The van der Waals surface area contributed by atoms with Crippen LogP contribution in [0.1, 0.15) is 6.92 Å². The summed E-state index contributed by atoms with van der Waals surface area (Å²) in [6, 6.07) is 1.75. The van der Waals surface area contributed by atoms with Crippen molar-refractivity contribution in [1.29, 1.82) is 5.26 Å². The third-order valence-corrected chi connectivity index (χ3v) is 0. The van der Waals surface area contributed by atoms with Crippen LogP contribution >= 0.6 is 0 Å². The van der Waals surface area contributed by atoms with Crippen molar-refractivity contribution in [2.45, 2.75) is 6.92 Å². The maximum absolute atomic E-state index is 8.60. The molecule has 0 aliphatic heterocycles. The van der Waals surface area contributed by atoms with Crippen molar-refractivity contribution in [3.8, 4) is 6.07 Å². The van der Waals surface area contributed by atoms with Crippen LogP contribution in [0, 0.1) is 21.6 Å². The molecule has 0 rings (SSSR count). The second-order valence-electron chi connectivity index (χ2n) is 0.620. The van der Waals surface area contributed by atoms with Crippen LogP contribution in [0.3, 0.4) is 0 Å². The average Bonchev–Trinajstić information content (AvgIpc) is 1.68. The minimum atomic E-state index is -4.69. The standard InChI is InChI=1S/C2H3N.CH4O.ClHO4.H2O/c1-2-3;1-2;2-1(3,4)5;/h1H3;2H,1H3;(H,2,3,4,5);1H2. The minimum Gasteiger partial charge on any atom is -0.412 e. The van der Waals surface area contributed by atoms with Gasteiger partial charge in [0.1, 0.15) is 0 Å². The lowest BCUT2D eigenvalue weighted by molar-refractivity contribution is -1.92. The van der Waals surface area contributed by atoms with Gasteiger partial charge in [-0.25, -0.2) is 0 Å². The normalized spacial score (nSPS) is 6.73. The third kappa shape index (κ3) is 2560. The van der Waals surface area contributed by atoms with Gasteiger partial charge in [-0.1, -0.05) is 0 Å². The zero-order chi connectivity index (χ0) is 9.21. The fourth-order valence-corrected chi connectivity index (χ4v) is 0. The molecule has 0 bridgehead atoms. The van der Waals surface area contributed by atoms with Crippen LogP contribution in [0.25, 0.3) is 0 Å². The SMILES string of the molecule is CC#N.CO.O.[O-][Cl+3]([O-])([O-])O. The molecule has 0 heterocycles. The molecule has 7 nitrogen and oxygen atoms in total. The Hall–Kier alpha value is -0.460. The molecule has 0 fully saturated rings. The largest absolute Gasteiger partial charge is 0.412 e. The van der Waals surface area contributed by atoms with Gasteiger partial charge in [-0.15, -0.1) is 0 Å². The number of nitriles is 1. The summed E-state index contributed by atoms with van der Waals surface area (Å²) in [7, 11) is -3.69. The van der Waals surface area contributed by atoms with Gasteiger partial charge in [0.15, 0.2) is 0 Å².